The number of hydrogen-bond acceptors (Lipinski definition) is 4. The number of aryl methyl sites for hydroxylation is 1. The first kappa shape index (κ1) is 20.4. The van der Waals surface area contributed by atoms with Gasteiger partial charge >= 0.3 is 0 Å². The van der Waals surface area contributed by atoms with E-state index in [1.807, 2.05) is 51.7 Å². The van der Waals surface area contributed by atoms with Crippen LogP contribution in [0.25, 0.3) is 5.69 Å². The summed E-state index contributed by atoms with van der Waals surface area (Å²) in [6, 6.07) is 13.3. The van der Waals surface area contributed by atoms with Gasteiger partial charge in [-0.3, -0.25) is 9.59 Å². The van der Waals surface area contributed by atoms with Gasteiger partial charge in [0.25, 0.3) is 11.8 Å². The standard InChI is InChI=1S/C25H24ClN5O2/c1-15-21-22(17-7-8-17)30(25(33)23(21)31(28-15)19-5-3-2-4-6-19)14-16-12-29(13-16)24(32)18-9-10-20(26)27-11-18/h2-6,9-11,16-17,22H,7-8,12-14H2,1H3. The van der Waals surface area contributed by atoms with Crippen LogP contribution >= 0.6 is 11.6 Å². The summed E-state index contributed by atoms with van der Waals surface area (Å²) in [5.41, 5.74) is 4.17. The molecule has 2 amide bonds. The molecule has 0 bridgehead atoms. The summed E-state index contributed by atoms with van der Waals surface area (Å²) in [4.78, 5) is 34.2. The molecule has 0 spiro atoms. The third-order valence-corrected chi connectivity index (χ3v) is 7.17. The van der Waals surface area contributed by atoms with Crippen molar-refractivity contribution >= 4 is 23.4 Å². The molecule has 33 heavy (non-hydrogen) atoms. The number of likely N-dealkylation sites (tertiary alicyclic amines) is 1. The third kappa shape index (κ3) is 3.42. The highest BCUT2D eigenvalue weighted by molar-refractivity contribution is 6.29. The molecule has 1 saturated carbocycles. The molecular formula is C25H24ClN5O2. The van der Waals surface area contributed by atoms with Gasteiger partial charge in [0.15, 0.2) is 0 Å². The number of benzene rings is 1. The molecule has 2 fully saturated rings. The molecule has 2 aromatic heterocycles. The summed E-state index contributed by atoms with van der Waals surface area (Å²) in [5.74, 6) is 0.779. The predicted octanol–water partition coefficient (Wildman–Crippen LogP) is 3.91. The second-order valence-corrected chi connectivity index (χ2v) is 9.67. The number of carbonyl (C=O) groups excluding carboxylic acids is 2. The zero-order chi connectivity index (χ0) is 22.7. The Morgan fingerprint density at radius 1 is 1.12 bits per heavy atom. The van der Waals surface area contributed by atoms with Crippen molar-refractivity contribution in [1.29, 1.82) is 0 Å². The summed E-state index contributed by atoms with van der Waals surface area (Å²) in [7, 11) is 0. The van der Waals surface area contributed by atoms with E-state index in [0.29, 0.717) is 42.0 Å². The number of para-hydroxylation sites is 1. The Morgan fingerprint density at radius 3 is 2.55 bits per heavy atom. The molecule has 4 heterocycles. The average molecular weight is 462 g/mol. The summed E-state index contributed by atoms with van der Waals surface area (Å²) in [5, 5.41) is 5.11. The monoisotopic (exact) mass is 461 g/mol. The zero-order valence-electron chi connectivity index (χ0n) is 18.3. The molecule has 168 valence electrons. The van der Waals surface area contributed by atoms with E-state index in [2.05, 4.69) is 4.98 Å². The van der Waals surface area contributed by atoms with Gasteiger partial charge in [-0.05, 0) is 49.9 Å². The van der Waals surface area contributed by atoms with Gasteiger partial charge in [-0.25, -0.2) is 9.67 Å². The highest BCUT2D eigenvalue weighted by Gasteiger charge is 2.50. The third-order valence-electron chi connectivity index (χ3n) is 6.94. The molecular weight excluding hydrogens is 438 g/mol. The van der Waals surface area contributed by atoms with Gasteiger partial charge in [-0.15, -0.1) is 0 Å². The first-order valence-corrected chi connectivity index (χ1v) is 11.8. The SMILES string of the molecule is Cc1nn(-c2ccccc2)c2c1C(C1CC1)N(CC1CN(C(=O)c3ccc(Cl)nc3)C1)C2=O. The quantitative estimate of drug-likeness (QED) is 0.540. The van der Waals surface area contributed by atoms with Crippen LogP contribution in [0.2, 0.25) is 5.15 Å². The molecule has 0 N–H and O–H groups in total. The van der Waals surface area contributed by atoms with E-state index in [4.69, 9.17) is 16.7 Å². The molecule has 1 saturated heterocycles. The summed E-state index contributed by atoms with van der Waals surface area (Å²) in [6.07, 6.45) is 3.80. The minimum Gasteiger partial charge on any atom is -0.338 e. The molecule has 8 heteroatoms. The van der Waals surface area contributed by atoms with E-state index >= 15 is 0 Å². The van der Waals surface area contributed by atoms with Crippen molar-refractivity contribution in [3.05, 3.63) is 76.3 Å². The smallest absolute Gasteiger partial charge is 0.273 e. The van der Waals surface area contributed by atoms with Crippen LogP contribution in [-0.2, 0) is 0 Å². The number of amides is 2. The predicted molar refractivity (Wildman–Crippen MR) is 123 cm³/mol. The number of nitrogens with zero attached hydrogens (tertiary/aromatic N) is 5. The lowest BCUT2D eigenvalue weighted by Crippen LogP contribution is -2.54. The van der Waals surface area contributed by atoms with Gasteiger partial charge in [0.1, 0.15) is 10.8 Å². The number of pyridine rings is 1. The summed E-state index contributed by atoms with van der Waals surface area (Å²) < 4.78 is 1.81. The topological polar surface area (TPSA) is 71.3 Å². The van der Waals surface area contributed by atoms with E-state index in [1.54, 1.807) is 12.1 Å². The average Bonchev–Trinajstić information content (AvgIpc) is 3.52. The highest BCUT2D eigenvalue weighted by atomic mass is 35.5. The minimum atomic E-state index is -0.0410. The fourth-order valence-corrected chi connectivity index (χ4v) is 5.30. The van der Waals surface area contributed by atoms with Crippen molar-refractivity contribution in [3.8, 4) is 5.69 Å². The maximum Gasteiger partial charge on any atom is 0.273 e. The van der Waals surface area contributed by atoms with Crippen LogP contribution in [-0.4, -0.2) is 56.0 Å². The summed E-state index contributed by atoms with van der Waals surface area (Å²) >= 11 is 5.83. The van der Waals surface area contributed by atoms with E-state index in [9.17, 15) is 9.59 Å². The fourth-order valence-electron chi connectivity index (χ4n) is 5.19. The first-order valence-electron chi connectivity index (χ1n) is 11.4. The molecule has 1 aromatic carbocycles. The summed E-state index contributed by atoms with van der Waals surface area (Å²) in [6.45, 7) is 3.95. The Bertz CT molecular complexity index is 1230. The van der Waals surface area contributed by atoms with Crippen molar-refractivity contribution in [1.82, 2.24) is 24.6 Å². The van der Waals surface area contributed by atoms with Gasteiger partial charge in [0, 0.05) is 37.3 Å². The zero-order valence-corrected chi connectivity index (χ0v) is 19.1. The van der Waals surface area contributed by atoms with Crippen molar-refractivity contribution in [2.75, 3.05) is 19.6 Å². The molecule has 0 radical (unpaired) electrons. The molecule has 3 aromatic rings. The number of hydrogen-bond donors (Lipinski definition) is 0. The lowest BCUT2D eigenvalue weighted by Gasteiger charge is -2.42. The molecule has 1 atom stereocenters. The molecule has 1 unspecified atom stereocenters. The Morgan fingerprint density at radius 2 is 1.88 bits per heavy atom. The van der Waals surface area contributed by atoms with Crippen LogP contribution in [0.3, 0.4) is 0 Å². The Balaban J connectivity index is 1.21. The van der Waals surface area contributed by atoms with Crippen LogP contribution in [0.4, 0.5) is 0 Å². The van der Waals surface area contributed by atoms with E-state index in [1.165, 1.54) is 6.20 Å². The lowest BCUT2D eigenvalue weighted by atomic mass is 9.96. The second kappa shape index (κ2) is 7.70. The number of carbonyl (C=O) groups is 2. The largest absolute Gasteiger partial charge is 0.338 e. The van der Waals surface area contributed by atoms with Crippen molar-refractivity contribution in [2.24, 2.45) is 11.8 Å². The first-order chi connectivity index (χ1) is 16.0. The fraction of sp³-hybridized carbons (Fsp3) is 0.360. The Kier molecular flexibility index (Phi) is 4.76. The van der Waals surface area contributed by atoms with E-state index in [0.717, 1.165) is 29.8 Å². The van der Waals surface area contributed by atoms with Crippen LogP contribution < -0.4 is 0 Å². The van der Waals surface area contributed by atoms with E-state index < -0.39 is 0 Å². The number of halogens is 1. The molecule has 3 aliphatic rings. The van der Waals surface area contributed by atoms with Crippen molar-refractivity contribution in [3.63, 3.8) is 0 Å². The molecule has 6 rings (SSSR count). The molecule has 2 aliphatic heterocycles. The number of aromatic nitrogens is 3. The van der Waals surface area contributed by atoms with Gasteiger partial charge in [0.2, 0.25) is 0 Å². The number of rotatable bonds is 5. The Hall–Kier alpha value is -3.19. The molecule has 1 aliphatic carbocycles. The van der Waals surface area contributed by atoms with Gasteiger partial charge < -0.3 is 9.80 Å². The van der Waals surface area contributed by atoms with Gasteiger partial charge in [-0.2, -0.15) is 5.10 Å². The maximum absolute atomic E-state index is 13.7. The maximum atomic E-state index is 13.7. The highest BCUT2D eigenvalue weighted by Crippen LogP contribution is 2.51. The Labute approximate surface area is 197 Å². The normalized spacial score (nSPS) is 20.2. The van der Waals surface area contributed by atoms with Crippen molar-refractivity contribution < 1.29 is 9.59 Å². The van der Waals surface area contributed by atoms with Crippen LogP contribution in [0.15, 0.2) is 48.7 Å². The minimum absolute atomic E-state index is 0.0410. The van der Waals surface area contributed by atoms with Gasteiger partial charge in [0.05, 0.1) is 23.0 Å². The van der Waals surface area contributed by atoms with Crippen molar-refractivity contribution in [2.45, 2.75) is 25.8 Å². The molecule has 7 nitrogen and oxygen atoms in total. The number of fused-ring (bicyclic) bond motifs is 1. The lowest BCUT2D eigenvalue weighted by molar-refractivity contribution is 0.0337. The van der Waals surface area contributed by atoms with E-state index in [-0.39, 0.29) is 23.8 Å². The second-order valence-electron chi connectivity index (χ2n) is 9.28. The van der Waals surface area contributed by atoms with Crippen LogP contribution in [0.5, 0.6) is 0 Å². The van der Waals surface area contributed by atoms with Gasteiger partial charge in [-0.1, -0.05) is 29.8 Å². The van der Waals surface area contributed by atoms with Crippen LogP contribution in [0.1, 0.15) is 51.0 Å². The van der Waals surface area contributed by atoms with Crippen LogP contribution in [0, 0.1) is 18.8 Å².